The van der Waals surface area contributed by atoms with E-state index in [-0.39, 0.29) is 41.9 Å². The zero-order valence-electron chi connectivity index (χ0n) is 5.20. The van der Waals surface area contributed by atoms with Crippen LogP contribution in [-0.4, -0.2) is 59.0 Å². The van der Waals surface area contributed by atoms with Gasteiger partial charge in [-0.2, -0.15) is 8.42 Å². The van der Waals surface area contributed by atoms with Gasteiger partial charge in [0.05, 0.1) is 0 Å². The third kappa shape index (κ3) is 7.52. The van der Waals surface area contributed by atoms with Crippen LogP contribution in [0.25, 0.3) is 0 Å². The van der Waals surface area contributed by atoms with Crippen LogP contribution < -0.4 is 0 Å². The molecular formula is C4H10ClNaO4S. The Balaban J connectivity index is 0. The van der Waals surface area contributed by atoms with Crippen molar-refractivity contribution in [3.8, 4) is 0 Å². The van der Waals surface area contributed by atoms with Crippen LogP contribution in [0.3, 0.4) is 0 Å². The SMILES string of the molecule is O=S(=O)(O)C(O)CCCCl.[NaH]. The molecule has 0 radical (unpaired) electrons. The van der Waals surface area contributed by atoms with E-state index in [4.69, 9.17) is 21.3 Å². The molecule has 0 aliphatic rings. The Morgan fingerprint density at radius 3 is 2.18 bits per heavy atom. The molecule has 64 valence electrons. The molecule has 1 unspecified atom stereocenters. The summed E-state index contributed by atoms with van der Waals surface area (Å²) in [6.45, 7) is 0. The van der Waals surface area contributed by atoms with Gasteiger partial charge < -0.3 is 5.11 Å². The first kappa shape index (κ1) is 14.7. The predicted octanol–water partition coefficient (Wildman–Crippen LogP) is -0.437. The number of alkyl halides is 1. The molecule has 0 aliphatic heterocycles. The molecule has 0 aromatic heterocycles. The minimum absolute atomic E-state index is 0. The fourth-order valence-corrected chi connectivity index (χ4v) is 1.02. The molecule has 0 aromatic carbocycles. The molecule has 0 spiro atoms. The second-order valence-electron chi connectivity index (χ2n) is 1.80. The van der Waals surface area contributed by atoms with Crippen molar-refractivity contribution < 1.29 is 18.1 Å². The molecule has 11 heavy (non-hydrogen) atoms. The Kier molecular flexibility index (Phi) is 8.87. The van der Waals surface area contributed by atoms with Gasteiger partial charge in [-0.05, 0) is 12.8 Å². The quantitative estimate of drug-likeness (QED) is 0.377. The summed E-state index contributed by atoms with van der Waals surface area (Å²) in [6, 6.07) is 0. The van der Waals surface area contributed by atoms with Gasteiger partial charge in [0.1, 0.15) is 0 Å². The third-order valence-corrected chi connectivity index (χ3v) is 2.12. The van der Waals surface area contributed by atoms with E-state index in [1.807, 2.05) is 0 Å². The number of rotatable bonds is 4. The zero-order chi connectivity index (χ0) is 8.20. The van der Waals surface area contributed by atoms with Crippen LogP contribution >= 0.6 is 11.6 Å². The Hall–Kier alpha value is 1.16. The van der Waals surface area contributed by atoms with Crippen LogP contribution in [0.2, 0.25) is 0 Å². The topological polar surface area (TPSA) is 74.6 Å². The van der Waals surface area contributed by atoms with Gasteiger partial charge in [0.15, 0.2) is 5.44 Å². The number of aliphatic hydroxyl groups excluding tert-OH is 1. The van der Waals surface area contributed by atoms with E-state index in [2.05, 4.69) is 0 Å². The Labute approximate surface area is 93.0 Å². The molecule has 0 heterocycles. The normalized spacial score (nSPS) is 13.7. The van der Waals surface area contributed by atoms with Crippen LogP contribution in [0.15, 0.2) is 0 Å². The van der Waals surface area contributed by atoms with Gasteiger partial charge in [0, 0.05) is 5.88 Å². The number of hydrogen-bond acceptors (Lipinski definition) is 3. The van der Waals surface area contributed by atoms with Crippen LogP contribution in [0.1, 0.15) is 12.8 Å². The molecule has 1 atom stereocenters. The summed E-state index contributed by atoms with van der Waals surface area (Å²) in [5, 5.41) is 8.62. The molecule has 0 saturated carbocycles. The van der Waals surface area contributed by atoms with Gasteiger partial charge in [0.25, 0.3) is 10.1 Å². The third-order valence-electron chi connectivity index (χ3n) is 0.929. The van der Waals surface area contributed by atoms with Crippen LogP contribution in [0.5, 0.6) is 0 Å². The summed E-state index contributed by atoms with van der Waals surface area (Å²) in [5.41, 5.74) is -1.69. The van der Waals surface area contributed by atoms with Crippen molar-refractivity contribution in [2.45, 2.75) is 18.3 Å². The molecule has 0 rings (SSSR count). The summed E-state index contributed by atoms with van der Waals surface area (Å²) in [6.07, 6.45) is 0.338. The van der Waals surface area contributed by atoms with Crippen molar-refractivity contribution in [1.82, 2.24) is 0 Å². The van der Waals surface area contributed by atoms with E-state index in [1.165, 1.54) is 0 Å². The molecule has 0 saturated heterocycles. The standard InChI is InChI=1S/C4H9ClO4S.Na.H/c5-3-1-2-4(6)10(7,8)9;;/h4,6H,1-3H2,(H,7,8,9);;. The summed E-state index contributed by atoms with van der Waals surface area (Å²) in [7, 11) is -4.28. The fraction of sp³-hybridized carbons (Fsp3) is 1.00. The van der Waals surface area contributed by atoms with E-state index < -0.39 is 15.6 Å². The van der Waals surface area contributed by atoms with Gasteiger partial charge in [-0.1, -0.05) is 0 Å². The van der Waals surface area contributed by atoms with E-state index in [1.54, 1.807) is 0 Å². The molecule has 0 aromatic rings. The Morgan fingerprint density at radius 1 is 1.45 bits per heavy atom. The van der Waals surface area contributed by atoms with Crippen LogP contribution in [-0.2, 0) is 10.1 Å². The van der Waals surface area contributed by atoms with E-state index in [9.17, 15) is 8.42 Å². The van der Waals surface area contributed by atoms with Crippen LogP contribution in [0, 0.1) is 0 Å². The Morgan fingerprint density at radius 2 is 1.91 bits per heavy atom. The van der Waals surface area contributed by atoms with Crippen molar-refractivity contribution >= 4 is 51.3 Å². The molecule has 4 nitrogen and oxygen atoms in total. The first-order valence-corrected chi connectivity index (χ1v) is 4.72. The second-order valence-corrected chi connectivity index (χ2v) is 3.75. The minimum atomic E-state index is -4.28. The van der Waals surface area contributed by atoms with Gasteiger partial charge in [-0.15, -0.1) is 11.6 Å². The number of hydrogen-bond donors (Lipinski definition) is 2. The van der Waals surface area contributed by atoms with Gasteiger partial charge in [-0.3, -0.25) is 4.55 Å². The maximum absolute atomic E-state index is 10.1. The average molecular weight is 213 g/mol. The van der Waals surface area contributed by atoms with Gasteiger partial charge in [-0.25, -0.2) is 0 Å². The summed E-state index contributed by atoms with van der Waals surface area (Å²) in [5.74, 6) is 0.270. The first-order chi connectivity index (χ1) is 4.48. The maximum atomic E-state index is 10.1. The molecule has 0 amide bonds. The molecule has 0 aliphatic carbocycles. The van der Waals surface area contributed by atoms with Crippen molar-refractivity contribution in [2.75, 3.05) is 5.88 Å². The number of aliphatic hydroxyl groups is 1. The van der Waals surface area contributed by atoms with Crippen molar-refractivity contribution in [3.05, 3.63) is 0 Å². The van der Waals surface area contributed by atoms with Crippen molar-refractivity contribution in [1.29, 1.82) is 0 Å². The molecule has 0 fully saturated rings. The van der Waals surface area contributed by atoms with E-state index >= 15 is 0 Å². The monoisotopic (exact) mass is 212 g/mol. The molecular weight excluding hydrogens is 203 g/mol. The molecule has 0 bridgehead atoms. The predicted molar refractivity (Wildman–Crippen MR) is 44.7 cm³/mol. The van der Waals surface area contributed by atoms with Crippen molar-refractivity contribution in [3.63, 3.8) is 0 Å². The van der Waals surface area contributed by atoms with Crippen molar-refractivity contribution in [2.24, 2.45) is 0 Å². The summed E-state index contributed by atoms with van der Waals surface area (Å²) >= 11 is 5.21. The van der Waals surface area contributed by atoms with Gasteiger partial charge in [0.2, 0.25) is 0 Å². The van der Waals surface area contributed by atoms with Crippen LogP contribution in [0.4, 0.5) is 0 Å². The zero-order valence-corrected chi connectivity index (χ0v) is 6.77. The fourth-order valence-electron chi connectivity index (χ4n) is 0.401. The Bertz CT molecular complexity index is 181. The average Bonchev–Trinajstić information content (AvgIpc) is 1.80. The van der Waals surface area contributed by atoms with E-state index in [0.29, 0.717) is 6.42 Å². The summed E-state index contributed by atoms with van der Waals surface area (Å²) < 4.78 is 28.4. The number of halogens is 1. The second kappa shape index (κ2) is 6.65. The summed E-state index contributed by atoms with van der Waals surface area (Å²) in [4.78, 5) is 0. The molecule has 7 heteroatoms. The van der Waals surface area contributed by atoms with E-state index in [0.717, 1.165) is 0 Å². The first-order valence-electron chi connectivity index (χ1n) is 2.69. The molecule has 2 N–H and O–H groups in total. The van der Waals surface area contributed by atoms with Gasteiger partial charge >= 0.3 is 29.6 Å².